The van der Waals surface area contributed by atoms with Gasteiger partial charge in [-0.05, 0) is 28.6 Å². The van der Waals surface area contributed by atoms with Gasteiger partial charge in [-0.3, -0.25) is 4.98 Å². The number of thiophene rings is 1. The van der Waals surface area contributed by atoms with Crippen LogP contribution in [0.15, 0.2) is 54.1 Å². The lowest BCUT2D eigenvalue weighted by molar-refractivity contribution is 1.39. The molecule has 1 nitrogen and oxygen atoms in total. The second-order valence-electron chi connectivity index (χ2n) is 4.46. The Bertz CT molecular complexity index is 762. The fourth-order valence-electron chi connectivity index (χ4n) is 2.62. The average molecular weight is 249 g/mol. The third kappa shape index (κ3) is 1.36. The summed E-state index contributed by atoms with van der Waals surface area (Å²) in [5, 5.41) is 3.38. The number of rotatable bonds is 1. The second-order valence-corrected chi connectivity index (χ2v) is 5.46. The molecule has 0 saturated heterocycles. The molecule has 0 N–H and O–H groups in total. The molecule has 0 bridgehead atoms. The minimum Gasteiger partial charge on any atom is -0.256 e. The number of benzene rings is 1. The van der Waals surface area contributed by atoms with E-state index in [1.165, 1.54) is 27.0 Å². The Hall–Kier alpha value is -1.93. The Labute approximate surface area is 109 Å². The summed E-state index contributed by atoms with van der Waals surface area (Å²) in [5.41, 5.74) is 5.09. The molecule has 3 aromatic rings. The van der Waals surface area contributed by atoms with Crippen LogP contribution < -0.4 is 0 Å². The largest absolute Gasteiger partial charge is 0.256 e. The van der Waals surface area contributed by atoms with E-state index in [0.717, 1.165) is 11.9 Å². The van der Waals surface area contributed by atoms with Crippen molar-refractivity contribution >= 4 is 27.8 Å². The van der Waals surface area contributed by atoms with E-state index in [0.29, 0.717) is 0 Å². The van der Waals surface area contributed by atoms with Crippen LogP contribution in [-0.2, 0) is 6.42 Å². The van der Waals surface area contributed by atoms with Crippen molar-refractivity contribution in [3.63, 3.8) is 0 Å². The van der Waals surface area contributed by atoms with E-state index in [4.69, 9.17) is 0 Å². The first-order valence-corrected chi connectivity index (χ1v) is 6.92. The number of fused-ring (bicyclic) bond motifs is 2. The van der Waals surface area contributed by atoms with Crippen molar-refractivity contribution in [2.45, 2.75) is 6.42 Å². The lowest BCUT2D eigenvalue weighted by Crippen LogP contribution is -1.88. The van der Waals surface area contributed by atoms with E-state index >= 15 is 0 Å². The van der Waals surface area contributed by atoms with Crippen molar-refractivity contribution in [2.24, 2.45) is 0 Å². The standard InChI is InChI=1S/C16H11NS/c1-3-11-4-2-9-17-16(11)14(5-1)12-6-7-15-13(12)8-10-18-15/h1-6,8-10H,7H2. The summed E-state index contributed by atoms with van der Waals surface area (Å²) in [6, 6.07) is 12.7. The lowest BCUT2D eigenvalue weighted by Gasteiger charge is -2.07. The highest BCUT2D eigenvalue weighted by Crippen LogP contribution is 2.37. The second kappa shape index (κ2) is 3.79. The Morgan fingerprint density at radius 3 is 2.94 bits per heavy atom. The number of allylic oxidation sites excluding steroid dienone is 1. The smallest absolute Gasteiger partial charge is 0.0780 e. The molecule has 0 saturated carbocycles. The van der Waals surface area contributed by atoms with Gasteiger partial charge in [-0.15, -0.1) is 11.3 Å². The van der Waals surface area contributed by atoms with Crippen LogP contribution in [0, 0.1) is 0 Å². The van der Waals surface area contributed by atoms with Crippen molar-refractivity contribution < 1.29 is 0 Å². The quantitative estimate of drug-likeness (QED) is 0.627. The predicted molar refractivity (Wildman–Crippen MR) is 76.8 cm³/mol. The Balaban J connectivity index is 2.00. The van der Waals surface area contributed by atoms with E-state index in [1.54, 1.807) is 0 Å². The highest BCUT2D eigenvalue weighted by Gasteiger charge is 2.18. The maximum Gasteiger partial charge on any atom is 0.0780 e. The van der Waals surface area contributed by atoms with Crippen LogP contribution in [0.3, 0.4) is 0 Å². The summed E-state index contributed by atoms with van der Waals surface area (Å²) in [5.74, 6) is 0. The third-order valence-electron chi connectivity index (χ3n) is 3.45. The number of pyridine rings is 1. The SMILES string of the molecule is C1=C(c2cccc3cccnc23)c2ccsc2C1. The van der Waals surface area contributed by atoms with Crippen LogP contribution in [0.4, 0.5) is 0 Å². The first-order chi connectivity index (χ1) is 8.93. The van der Waals surface area contributed by atoms with Gasteiger partial charge in [0.25, 0.3) is 0 Å². The number of aromatic nitrogens is 1. The molecule has 4 rings (SSSR count). The van der Waals surface area contributed by atoms with Gasteiger partial charge in [0.15, 0.2) is 0 Å². The zero-order chi connectivity index (χ0) is 11.9. The van der Waals surface area contributed by atoms with Gasteiger partial charge in [-0.2, -0.15) is 0 Å². The Kier molecular flexibility index (Phi) is 2.11. The Morgan fingerprint density at radius 1 is 1.00 bits per heavy atom. The zero-order valence-electron chi connectivity index (χ0n) is 9.76. The molecule has 0 amide bonds. The Morgan fingerprint density at radius 2 is 1.94 bits per heavy atom. The molecular formula is C16H11NS. The van der Waals surface area contributed by atoms with Crippen molar-refractivity contribution in [2.75, 3.05) is 0 Å². The van der Waals surface area contributed by atoms with E-state index < -0.39 is 0 Å². The molecule has 0 spiro atoms. The molecule has 2 aromatic heterocycles. The van der Waals surface area contributed by atoms with Crippen LogP contribution in [0.2, 0.25) is 0 Å². The third-order valence-corrected chi connectivity index (χ3v) is 4.39. The molecule has 86 valence electrons. The number of hydrogen-bond acceptors (Lipinski definition) is 2. The van der Waals surface area contributed by atoms with Crippen LogP contribution in [0.25, 0.3) is 16.5 Å². The van der Waals surface area contributed by atoms with Crippen LogP contribution in [-0.4, -0.2) is 4.98 Å². The van der Waals surface area contributed by atoms with Gasteiger partial charge in [0.1, 0.15) is 0 Å². The minimum absolute atomic E-state index is 1.06. The van der Waals surface area contributed by atoms with E-state index in [2.05, 4.69) is 46.8 Å². The number of hydrogen-bond donors (Lipinski definition) is 0. The van der Waals surface area contributed by atoms with Crippen molar-refractivity contribution in [3.05, 3.63) is 70.1 Å². The maximum atomic E-state index is 4.55. The predicted octanol–water partition coefficient (Wildman–Crippen LogP) is 4.28. The monoisotopic (exact) mass is 249 g/mol. The molecular weight excluding hydrogens is 238 g/mol. The van der Waals surface area contributed by atoms with Crippen LogP contribution in [0.1, 0.15) is 16.0 Å². The average Bonchev–Trinajstić information content (AvgIpc) is 3.01. The highest BCUT2D eigenvalue weighted by atomic mass is 32.1. The molecule has 0 unspecified atom stereocenters. The molecule has 0 atom stereocenters. The van der Waals surface area contributed by atoms with Gasteiger partial charge in [-0.1, -0.05) is 30.3 Å². The molecule has 1 aliphatic rings. The van der Waals surface area contributed by atoms with Gasteiger partial charge in [0.2, 0.25) is 0 Å². The van der Waals surface area contributed by atoms with E-state index in [-0.39, 0.29) is 0 Å². The fraction of sp³-hybridized carbons (Fsp3) is 0.0625. The summed E-state index contributed by atoms with van der Waals surface area (Å²) in [4.78, 5) is 6.02. The molecule has 2 heteroatoms. The van der Waals surface area contributed by atoms with Gasteiger partial charge in [0.05, 0.1) is 5.52 Å². The van der Waals surface area contributed by atoms with Crippen LogP contribution in [0.5, 0.6) is 0 Å². The summed E-state index contributed by atoms with van der Waals surface area (Å²) in [6.07, 6.45) is 5.26. The molecule has 0 radical (unpaired) electrons. The van der Waals surface area contributed by atoms with E-state index in [1.807, 2.05) is 23.6 Å². The van der Waals surface area contributed by atoms with Crippen molar-refractivity contribution in [1.29, 1.82) is 0 Å². The highest BCUT2D eigenvalue weighted by molar-refractivity contribution is 7.10. The van der Waals surface area contributed by atoms with Crippen molar-refractivity contribution in [1.82, 2.24) is 4.98 Å². The summed E-state index contributed by atoms with van der Waals surface area (Å²) < 4.78 is 0. The molecule has 18 heavy (non-hydrogen) atoms. The van der Waals surface area contributed by atoms with Gasteiger partial charge >= 0.3 is 0 Å². The van der Waals surface area contributed by atoms with E-state index in [9.17, 15) is 0 Å². The van der Waals surface area contributed by atoms with Crippen molar-refractivity contribution in [3.8, 4) is 0 Å². The molecule has 1 aromatic carbocycles. The van der Waals surface area contributed by atoms with Gasteiger partial charge < -0.3 is 0 Å². The lowest BCUT2D eigenvalue weighted by atomic mass is 9.99. The maximum absolute atomic E-state index is 4.55. The molecule has 0 fully saturated rings. The number of nitrogens with zero attached hydrogens (tertiary/aromatic N) is 1. The summed E-state index contributed by atoms with van der Waals surface area (Å²) in [6.45, 7) is 0. The van der Waals surface area contributed by atoms with Gasteiger partial charge in [0, 0.05) is 28.4 Å². The topological polar surface area (TPSA) is 12.9 Å². The molecule has 1 aliphatic carbocycles. The summed E-state index contributed by atoms with van der Waals surface area (Å²) >= 11 is 1.84. The van der Waals surface area contributed by atoms with Gasteiger partial charge in [-0.25, -0.2) is 0 Å². The zero-order valence-corrected chi connectivity index (χ0v) is 10.6. The summed E-state index contributed by atoms with van der Waals surface area (Å²) in [7, 11) is 0. The minimum atomic E-state index is 1.06. The molecule has 0 aliphatic heterocycles. The normalized spacial score (nSPS) is 13.7. The first kappa shape index (κ1) is 10.0. The number of para-hydroxylation sites is 1. The molecule has 2 heterocycles. The fourth-order valence-corrected chi connectivity index (χ4v) is 3.47. The first-order valence-electron chi connectivity index (χ1n) is 6.04. The van der Waals surface area contributed by atoms with Crippen LogP contribution >= 0.6 is 11.3 Å².